The fraction of sp³-hybridized carbons (Fsp3) is 0.0526. The second-order valence-electron chi connectivity index (χ2n) is 6.01. The lowest BCUT2D eigenvalue weighted by atomic mass is 10.2. The highest BCUT2D eigenvalue weighted by Gasteiger charge is 2.13. The molecule has 1 aromatic heterocycles. The van der Waals surface area contributed by atoms with Crippen molar-refractivity contribution in [1.82, 2.24) is 9.55 Å². The molecule has 0 spiro atoms. The number of benzene rings is 2. The van der Waals surface area contributed by atoms with Gasteiger partial charge in [-0.05, 0) is 48.0 Å². The number of nitrogens with zero attached hydrogens (tertiary/aromatic N) is 2. The Kier molecular flexibility index (Phi) is 5.84. The van der Waals surface area contributed by atoms with Gasteiger partial charge in [-0.3, -0.25) is 13.9 Å². The standard InChI is InChI=1S/C19H17FN3O4P/c20-15-3-7-17(8-4-15)23-13-21-11-18(23)9-10-19(24)22-16-5-1-14(2-6-16)12-28(25,26)27/h1-11,13H,12H2,(H,22,24)(H2,25,26,27)/b10-9+. The van der Waals surface area contributed by atoms with Gasteiger partial charge >= 0.3 is 7.60 Å². The third-order valence-electron chi connectivity index (χ3n) is 3.79. The van der Waals surface area contributed by atoms with Crippen molar-refractivity contribution in [2.75, 3.05) is 5.32 Å². The van der Waals surface area contributed by atoms with Gasteiger partial charge in [0.1, 0.15) is 5.82 Å². The van der Waals surface area contributed by atoms with Crippen LogP contribution in [0.5, 0.6) is 0 Å². The van der Waals surface area contributed by atoms with Gasteiger partial charge in [0.15, 0.2) is 0 Å². The van der Waals surface area contributed by atoms with Crippen LogP contribution in [0, 0.1) is 5.82 Å². The summed E-state index contributed by atoms with van der Waals surface area (Å²) >= 11 is 0. The summed E-state index contributed by atoms with van der Waals surface area (Å²) in [5.41, 5.74) is 2.32. The second-order valence-corrected chi connectivity index (χ2v) is 7.65. The quantitative estimate of drug-likeness (QED) is 0.434. The van der Waals surface area contributed by atoms with Gasteiger partial charge in [-0.1, -0.05) is 12.1 Å². The molecule has 0 aliphatic heterocycles. The molecule has 7 nitrogen and oxygen atoms in total. The summed E-state index contributed by atoms with van der Waals surface area (Å²) in [5.74, 6) is -0.721. The van der Waals surface area contributed by atoms with E-state index in [0.717, 1.165) is 0 Å². The number of carbonyl (C=O) groups excluding carboxylic acids is 1. The smallest absolute Gasteiger partial charge is 0.324 e. The highest BCUT2D eigenvalue weighted by Crippen LogP contribution is 2.39. The van der Waals surface area contributed by atoms with E-state index in [4.69, 9.17) is 9.79 Å². The van der Waals surface area contributed by atoms with Crippen LogP contribution in [-0.2, 0) is 15.5 Å². The van der Waals surface area contributed by atoms with Gasteiger partial charge in [0.05, 0.1) is 24.4 Å². The molecule has 144 valence electrons. The zero-order chi connectivity index (χ0) is 20.1. The lowest BCUT2D eigenvalue weighted by molar-refractivity contribution is -0.111. The zero-order valence-corrected chi connectivity index (χ0v) is 15.5. The Morgan fingerprint density at radius 1 is 1.14 bits per heavy atom. The number of carbonyl (C=O) groups is 1. The first-order valence-electron chi connectivity index (χ1n) is 8.21. The fourth-order valence-corrected chi connectivity index (χ4v) is 3.21. The molecule has 0 bridgehead atoms. The molecule has 28 heavy (non-hydrogen) atoms. The van der Waals surface area contributed by atoms with E-state index in [1.807, 2.05) is 0 Å². The minimum absolute atomic E-state index is 0.341. The minimum atomic E-state index is -4.13. The van der Waals surface area contributed by atoms with Gasteiger partial charge in [-0.2, -0.15) is 0 Å². The fourth-order valence-electron chi connectivity index (χ4n) is 2.52. The number of hydrogen-bond acceptors (Lipinski definition) is 3. The molecule has 0 saturated heterocycles. The molecule has 0 unspecified atom stereocenters. The number of hydrogen-bond donors (Lipinski definition) is 3. The van der Waals surface area contributed by atoms with Crippen LogP contribution >= 0.6 is 7.60 Å². The average Bonchev–Trinajstić information content (AvgIpc) is 3.10. The summed E-state index contributed by atoms with van der Waals surface area (Å²) in [6, 6.07) is 12.1. The molecule has 3 N–H and O–H groups in total. The first-order valence-corrected chi connectivity index (χ1v) is 10.0. The van der Waals surface area contributed by atoms with Crippen LogP contribution in [0.25, 0.3) is 11.8 Å². The highest BCUT2D eigenvalue weighted by molar-refractivity contribution is 7.50. The van der Waals surface area contributed by atoms with Gasteiger partial charge in [0, 0.05) is 17.5 Å². The second kappa shape index (κ2) is 8.31. The van der Waals surface area contributed by atoms with Crippen LogP contribution in [0.15, 0.2) is 67.1 Å². The molecule has 0 fully saturated rings. The summed E-state index contributed by atoms with van der Waals surface area (Å²) in [4.78, 5) is 34.1. The SMILES string of the molecule is O=C(/C=C/c1cncn1-c1ccc(F)cc1)Nc1ccc(CP(=O)(O)O)cc1. The van der Waals surface area contributed by atoms with E-state index in [2.05, 4.69) is 10.3 Å². The van der Waals surface area contributed by atoms with Crippen molar-refractivity contribution in [2.45, 2.75) is 6.16 Å². The first-order chi connectivity index (χ1) is 13.3. The van der Waals surface area contributed by atoms with E-state index in [1.54, 1.807) is 59.6 Å². The Morgan fingerprint density at radius 3 is 2.46 bits per heavy atom. The Hall–Kier alpha value is -3.06. The number of anilines is 1. The summed E-state index contributed by atoms with van der Waals surface area (Å²) < 4.78 is 25.8. The van der Waals surface area contributed by atoms with Gasteiger partial charge in [-0.15, -0.1) is 0 Å². The maximum Gasteiger partial charge on any atom is 0.329 e. The molecule has 0 radical (unpaired) electrons. The molecule has 1 amide bonds. The molecular weight excluding hydrogens is 384 g/mol. The molecule has 0 aliphatic carbocycles. The van der Waals surface area contributed by atoms with Crippen LogP contribution < -0.4 is 5.32 Å². The van der Waals surface area contributed by atoms with Crippen molar-refractivity contribution < 1.29 is 23.5 Å². The van der Waals surface area contributed by atoms with Crippen molar-refractivity contribution in [2.24, 2.45) is 0 Å². The predicted octanol–water partition coefficient (Wildman–Crippen LogP) is 3.34. The van der Waals surface area contributed by atoms with E-state index in [0.29, 0.717) is 22.6 Å². The first kappa shape index (κ1) is 19.7. The van der Waals surface area contributed by atoms with Crippen molar-refractivity contribution in [3.8, 4) is 5.69 Å². The number of amides is 1. The van der Waals surface area contributed by atoms with Gasteiger partial charge in [0.2, 0.25) is 5.91 Å². The molecule has 0 saturated carbocycles. The molecule has 3 aromatic rings. The van der Waals surface area contributed by atoms with Crippen LogP contribution in [0.1, 0.15) is 11.3 Å². The van der Waals surface area contributed by atoms with Gasteiger partial charge < -0.3 is 15.1 Å². The van der Waals surface area contributed by atoms with Crippen molar-refractivity contribution in [3.63, 3.8) is 0 Å². The Morgan fingerprint density at radius 2 is 1.82 bits per heavy atom. The number of nitrogens with one attached hydrogen (secondary N) is 1. The van der Waals surface area contributed by atoms with Crippen molar-refractivity contribution in [3.05, 3.63) is 84.2 Å². The molecule has 1 heterocycles. The third-order valence-corrected chi connectivity index (χ3v) is 4.56. The normalized spacial score (nSPS) is 11.7. The maximum atomic E-state index is 13.1. The lowest BCUT2D eigenvalue weighted by Crippen LogP contribution is -2.08. The van der Waals surface area contributed by atoms with E-state index in [-0.39, 0.29) is 17.9 Å². The summed E-state index contributed by atoms with van der Waals surface area (Å²) in [7, 11) is -4.13. The number of aromatic nitrogens is 2. The Labute approximate surface area is 160 Å². The van der Waals surface area contributed by atoms with E-state index in [1.165, 1.54) is 18.2 Å². The van der Waals surface area contributed by atoms with E-state index < -0.39 is 7.60 Å². The molecule has 9 heteroatoms. The summed E-state index contributed by atoms with van der Waals surface area (Å²) in [5, 5.41) is 2.66. The van der Waals surface area contributed by atoms with Gasteiger partial charge in [0.25, 0.3) is 0 Å². The minimum Gasteiger partial charge on any atom is -0.324 e. The largest absolute Gasteiger partial charge is 0.329 e. The van der Waals surface area contributed by atoms with Gasteiger partial charge in [-0.25, -0.2) is 9.37 Å². The number of halogens is 1. The summed E-state index contributed by atoms with van der Waals surface area (Å²) in [6.07, 6.45) is 5.69. The topological polar surface area (TPSA) is 104 Å². The van der Waals surface area contributed by atoms with Crippen LogP contribution in [-0.4, -0.2) is 25.2 Å². The molecule has 0 atom stereocenters. The number of imidazole rings is 1. The molecule has 0 aliphatic rings. The maximum absolute atomic E-state index is 13.1. The van der Waals surface area contributed by atoms with Crippen LogP contribution in [0.4, 0.5) is 10.1 Å². The van der Waals surface area contributed by atoms with Crippen molar-refractivity contribution in [1.29, 1.82) is 0 Å². The molecule has 2 aromatic carbocycles. The van der Waals surface area contributed by atoms with Crippen LogP contribution in [0.3, 0.4) is 0 Å². The van der Waals surface area contributed by atoms with E-state index >= 15 is 0 Å². The molecular formula is C19H17FN3O4P. The van der Waals surface area contributed by atoms with Crippen LogP contribution in [0.2, 0.25) is 0 Å². The lowest BCUT2D eigenvalue weighted by Gasteiger charge is -2.06. The third kappa shape index (κ3) is 5.47. The van der Waals surface area contributed by atoms with E-state index in [9.17, 15) is 13.8 Å². The predicted molar refractivity (Wildman–Crippen MR) is 103 cm³/mol. The van der Waals surface area contributed by atoms with Crippen molar-refractivity contribution >= 4 is 25.3 Å². The summed E-state index contributed by atoms with van der Waals surface area (Å²) in [6.45, 7) is 0. The average molecular weight is 401 g/mol. The molecule has 3 rings (SSSR count). The highest BCUT2D eigenvalue weighted by atomic mass is 31.2. The zero-order valence-electron chi connectivity index (χ0n) is 14.6. The monoisotopic (exact) mass is 401 g/mol. The number of rotatable bonds is 6. The Balaban J connectivity index is 1.66. The Bertz CT molecular complexity index is 1040.